The van der Waals surface area contributed by atoms with Gasteiger partial charge in [0.15, 0.2) is 0 Å². The van der Waals surface area contributed by atoms with E-state index in [1.807, 2.05) is 25.1 Å². The van der Waals surface area contributed by atoms with Gasteiger partial charge in [-0.25, -0.2) is 0 Å². The average Bonchev–Trinajstić information content (AvgIpc) is 2.43. The van der Waals surface area contributed by atoms with Gasteiger partial charge in [0.1, 0.15) is 5.75 Å². The number of phenolic OH excluding ortho intramolecular Hbond substituents is 1. The second kappa shape index (κ2) is 6.28. The molecule has 0 amide bonds. The van der Waals surface area contributed by atoms with Crippen molar-refractivity contribution in [2.24, 2.45) is 0 Å². The minimum atomic E-state index is 0.285. The van der Waals surface area contributed by atoms with Crippen LogP contribution in [-0.2, 0) is 0 Å². The van der Waals surface area contributed by atoms with Gasteiger partial charge in [0.2, 0.25) is 0 Å². The molecule has 2 aromatic rings. The summed E-state index contributed by atoms with van der Waals surface area (Å²) < 4.78 is 0. The van der Waals surface area contributed by atoms with Gasteiger partial charge in [0, 0.05) is 11.8 Å². The first-order valence-electron chi connectivity index (χ1n) is 6.82. The minimum absolute atomic E-state index is 0.285. The molecule has 2 rings (SSSR count). The summed E-state index contributed by atoms with van der Waals surface area (Å²) in [6.07, 6.45) is 2.18. The third-order valence-corrected chi connectivity index (χ3v) is 3.33. The maximum atomic E-state index is 9.77. The number of rotatable bonds is 5. The summed E-state index contributed by atoms with van der Waals surface area (Å²) in [4.78, 5) is 0. The fourth-order valence-electron chi connectivity index (χ4n) is 2.20. The number of benzene rings is 2. The number of anilines is 1. The molecule has 0 saturated carbocycles. The molecule has 0 radical (unpaired) electrons. The van der Waals surface area contributed by atoms with Gasteiger partial charge in [-0.3, -0.25) is 0 Å². The summed E-state index contributed by atoms with van der Waals surface area (Å²) in [5, 5.41) is 13.3. The van der Waals surface area contributed by atoms with Crippen LogP contribution in [0, 0.1) is 6.92 Å². The fraction of sp³-hybridized carbons (Fsp3) is 0.294. The van der Waals surface area contributed by atoms with Crippen LogP contribution < -0.4 is 5.32 Å². The minimum Gasteiger partial charge on any atom is -0.508 e. The third-order valence-electron chi connectivity index (χ3n) is 3.33. The second-order valence-electron chi connectivity index (χ2n) is 4.90. The summed E-state index contributed by atoms with van der Waals surface area (Å²) in [6.45, 7) is 4.09. The molecule has 0 saturated heterocycles. The van der Waals surface area contributed by atoms with Crippen molar-refractivity contribution in [1.29, 1.82) is 0 Å². The van der Waals surface area contributed by atoms with E-state index >= 15 is 0 Å². The van der Waals surface area contributed by atoms with Crippen molar-refractivity contribution >= 4 is 5.69 Å². The van der Waals surface area contributed by atoms with Gasteiger partial charge in [-0.15, -0.1) is 0 Å². The van der Waals surface area contributed by atoms with Crippen molar-refractivity contribution in [2.75, 3.05) is 5.32 Å². The van der Waals surface area contributed by atoms with Crippen LogP contribution in [0.3, 0.4) is 0 Å². The Bertz CT molecular complexity index is 522. The highest BCUT2D eigenvalue weighted by atomic mass is 16.3. The van der Waals surface area contributed by atoms with Crippen molar-refractivity contribution in [2.45, 2.75) is 32.7 Å². The van der Waals surface area contributed by atoms with Gasteiger partial charge in [-0.05, 0) is 30.5 Å². The average molecular weight is 255 g/mol. The van der Waals surface area contributed by atoms with Crippen LogP contribution in [-0.4, -0.2) is 5.11 Å². The van der Waals surface area contributed by atoms with E-state index in [-0.39, 0.29) is 6.04 Å². The van der Waals surface area contributed by atoms with Crippen LogP contribution in [0.5, 0.6) is 5.75 Å². The summed E-state index contributed by atoms with van der Waals surface area (Å²) in [6, 6.07) is 16.5. The predicted octanol–water partition coefficient (Wildman–Crippen LogP) is 4.65. The SMILES string of the molecule is CCCC(Nc1ccc(C)c(O)c1)c1ccccc1. The monoisotopic (exact) mass is 255 g/mol. The Morgan fingerprint density at radius 3 is 2.47 bits per heavy atom. The van der Waals surface area contributed by atoms with E-state index in [2.05, 4.69) is 36.5 Å². The highest BCUT2D eigenvalue weighted by Crippen LogP contribution is 2.27. The van der Waals surface area contributed by atoms with Gasteiger partial charge in [-0.2, -0.15) is 0 Å². The number of hydrogen-bond donors (Lipinski definition) is 2. The molecule has 1 unspecified atom stereocenters. The highest BCUT2D eigenvalue weighted by Gasteiger charge is 2.10. The zero-order chi connectivity index (χ0) is 13.7. The Labute approximate surface area is 115 Å². The Kier molecular flexibility index (Phi) is 4.45. The molecule has 0 aliphatic rings. The van der Waals surface area contributed by atoms with Crippen LogP contribution in [0.1, 0.15) is 36.9 Å². The number of aryl methyl sites for hydroxylation is 1. The standard InChI is InChI=1S/C17H21NO/c1-3-7-16(14-8-5-4-6-9-14)18-15-11-10-13(2)17(19)12-15/h4-6,8-12,16,18-19H,3,7H2,1-2H3. The van der Waals surface area contributed by atoms with Crippen molar-refractivity contribution < 1.29 is 5.11 Å². The predicted molar refractivity (Wildman–Crippen MR) is 80.6 cm³/mol. The molecule has 0 heterocycles. The van der Waals surface area contributed by atoms with E-state index in [4.69, 9.17) is 0 Å². The van der Waals surface area contributed by atoms with Crippen molar-refractivity contribution in [3.05, 3.63) is 59.7 Å². The lowest BCUT2D eigenvalue weighted by atomic mass is 10.0. The third kappa shape index (κ3) is 3.50. The number of nitrogens with one attached hydrogen (secondary N) is 1. The van der Waals surface area contributed by atoms with Crippen LogP contribution in [0.25, 0.3) is 0 Å². The molecule has 2 nitrogen and oxygen atoms in total. The highest BCUT2D eigenvalue weighted by molar-refractivity contribution is 5.52. The molecule has 0 bridgehead atoms. The molecule has 0 aliphatic heterocycles. The lowest BCUT2D eigenvalue weighted by Crippen LogP contribution is -2.10. The smallest absolute Gasteiger partial charge is 0.120 e. The van der Waals surface area contributed by atoms with Gasteiger partial charge in [-0.1, -0.05) is 49.7 Å². The Hall–Kier alpha value is -1.96. The zero-order valence-electron chi connectivity index (χ0n) is 11.6. The summed E-state index contributed by atoms with van der Waals surface area (Å²) in [5.41, 5.74) is 3.15. The Morgan fingerprint density at radius 1 is 1.11 bits per heavy atom. The van der Waals surface area contributed by atoms with E-state index < -0.39 is 0 Å². The van der Waals surface area contributed by atoms with Crippen LogP contribution in [0.2, 0.25) is 0 Å². The first-order valence-corrected chi connectivity index (χ1v) is 6.82. The second-order valence-corrected chi connectivity index (χ2v) is 4.90. The molecule has 2 N–H and O–H groups in total. The molecular formula is C17H21NO. The first kappa shape index (κ1) is 13.5. The number of aromatic hydroxyl groups is 1. The molecule has 1 atom stereocenters. The molecule has 0 spiro atoms. The topological polar surface area (TPSA) is 32.3 Å². The quantitative estimate of drug-likeness (QED) is 0.814. The van der Waals surface area contributed by atoms with E-state index in [0.29, 0.717) is 5.75 Å². The van der Waals surface area contributed by atoms with Gasteiger partial charge < -0.3 is 10.4 Å². The maximum Gasteiger partial charge on any atom is 0.120 e. The van der Waals surface area contributed by atoms with Crippen LogP contribution >= 0.6 is 0 Å². The molecule has 0 aromatic heterocycles. The van der Waals surface area contributed by atoms with E-state index in [1.54, 1.807) is 6.07 Å². The Morgan fingerprint density at radius 2 is 1.84 bits per heavy atom. The Balaban J connectivity index is 2.19. The maximum absolute atomic E-state index is 9.77. The van der Waals surface area contributed by atoms with Crippen LogP contribution in [0.4, 0.5) is 5.69 Å². The van der Waals surface area contributed by atoms with E-state index in [0.717, 1.165) is 24.1 Å². The first-order chi connectivity index (χ1) is 9.20. The largest absolute Gasteiger partial charge is 0.508 e. The van der Waals surface area contributed by atoms with Crippen molar-refractivity contribution in [3.8, 4) is 5.75 Å². The number of phenols is 1. The van der Waals surface area contributed by atoms with Crippen molar-refractivity contribution in [1.82, 2.24) is 0 Å². The summed E-state index contributed by atoms with van der Waals surface area (Å²) in [5.74, 6) is 0.341. The number of hydrogen-bond acceptors (Lipinski definition) is 2. The fourth-order valence-corrected chi connectivity index (χ4v) is 2.20. The van der Waals surface area contributed by atoms with Gasteiger partial charge >= 0.3 is 0 Å². The van der Waals surface area contributed by atoms with E-state index in [1.165, 1.54) is 5.56 Å². The summed E-state index contributed by atoms with van der Waals surface area (Å²) in [7, 11) is 0. The van der Waals surface area contributed by atoms with Crippen molar-refractivity contribution in [3.63, 3.8) is 0 Å². The molecule has 100 valence electrons. The lowest BCUT2D eigenvalue weighted by molar-refractivity contribution is 0.471. The molecular weight excluding hydrogens is 234 g/mol. The molecule has 2 aromatic carbocycles. The van der Waals surface area contributed by atoms with Gasteiger partial charge in [0.05, 0.1) is 6.04 Å². The molecule has 19 heavy (non-hydrogen) atoms. The summed E-state index contributed by atoms with van der Waals surface area (Å²) >= 11 is 0. The lowest BCUT2D eigenvalue weighted by Gasteiger charge is -2.20. The van der Waals surface area contributed by atoms with Gasteiger partial charge in [0.25, 0.3) is 0 Å². The molecule has 0 aliphatic carbocycles. The molecule has 2 heteroatoms. The zero-order valence-corrected chi connectivity index (χ0v) is 11.6. The van der Waals surface area contributed by atoms with E-state index in [9.17, 15) is 5.11 Å². The normalized spacial score (nSPS) is 12.1. The van der Waals surface area contributed by atoms with Crippen LogP contribution in [0.15, 0.2) is 48.5 Å². The molecule has 0 fully saturated rings.